The van der Waals surface area contributed by atoms with Gasteiger partial charge >= 0.3 is 5.97 Å². The van der Waals surface area contributed by atoms with Crippen LogP contribution in [-0.2, 0) is 22.6 Å². The Bertz CT molecular complexity index is 475. The van der Waals surface area contributed by atoms with Crippen molar-refractivity contribution in [3.8, 4) is 0 Å². The third kappa shape index (κ3) is 4.02. The highest BCUT2D eigenvalue weighted by atomic mass is 19.1. The van der Waals surface area contributed by atoms with Crippen LogP contribution >= 0.6 is 0 Å². The minimum atomic E-state index is -0.280. The molecule has 0 aromatic heterocycles. The molecule has 0 unspecified atom stereocenters. The fourth-order valence-corrected chi connectivity index (χ4v) is 2.28. The molecule has 1 aliphatic carbocycles. The number of nitrogens with zero attached hydrogens (tertiary/aromatic N) is 1. The summed E-state index contributed by atoms with van der Waals surface area (Å²) in [5.41, 5.74) is 7.43. The summed E-state index contributed by atoms with van der Waals surface area (Å²) >= 11 is 0. The molecule has 110 valence electrons. The first-order valence-electron chi connectivity index (χ1n) is 7.01. The van der Waals surface area contributed by atoms with Gasteiger partial charge in [0, 0.05) is 19.1 Å². The molecule has 1 aromatic carbocycles. The molecule has 1 aromatic rings. The van der Waals surface area contributed by atoms with Crippen LogP contribution in [0.4, 0.5) is 4.39 Å². The van der Waals surface area contributed by atoms with Gasteiger partial charge in [0.15, 0.2) is 0 Å². The Labute approximate surface area is 118 Å². The maximum absolute atomic E-state index is 13.2. The molecular formula is C15H21FN2O2. The van der Waals surface area contributed by atoms with Gasteiger partial charge in [-0.1, -0.05) is 6.07 Å². The first-order chi connectivity index (χ1) is 9.63. The molecule has 2 N–H and O–H groups in total. The number of halogens is 1. The molecule has 1 aliphatic rings. The number of hydrogen-bond acceptors (Lipinski definition) is 4. The Morgan fingerprint density at radius 2 is 2.20 bits per heavy atom. The van der Waals surface area contributed by atoms with Crippen molar-refractivity contribution < 1.29 is 13.9 Å². The number of hydrogen-bond donors (Lipinski definition) is 1. The predicted molar refractivity (Wildman–Crippen MR) is 74.4 cm³/mol. The topological polar surface area (TPSA) is 55.6 Å². The Balaban J connectivity index is 2.06. The van der Waals surface area contributed by atoms with Crippen LogP contribution in [0.25, 0.3) is 0 Å². The smallest absolute Gasteiger partial charge is 0.320 e. The summed E-state index contributed by atoms with van der Waals surface area (Å²) in [6, 6.07) is 5.07. The van der Waals surface area contributed by atoms with Crippen molar-refractivity contribution in [1.29, 1.82) is 0 Å². The van der Waals surface area contributed by atoms with Crippen LogP contribution in [0, 0.1) is 5.82 Å². The molecule has 4 nitrogen and oxygen atoms in total. The molecule has 20 heavy (non-hydrogen) atoms. The van der Waals surface area contributed by atoms with E-state index in [0.717, 1.165) is 24.0 Å². The highest BCUT2D eigenvalue weighted by Crippen LogP contribution is 2.28. The summed E-state index contributed by atoms with van der Waals surface area (Å²) in [5, 5.41) is 0. The second kappa shape index (κ2) is 6.81. The van der Waals surface area contributed by atoms with Gasteiger partial charge in [0.05, 0.1) is 13.2 Å². The molecule has 5 heteroatoms. The van der Waals surface area contributed by atoms with Crippen molar-refractivity contribution in [2.24, 2.45) is 5.73 Å². The van der Waals surface area contributed by atoms with Crippen LogP contribution in [0.2, 0.25) is 0 Å². The van der Waals surface area contributed by atoms with E-state index < -0.39 is 0 Å². The van der Waals surface area contributed by atoms with Crippen LogP contribution < -0.4 is 5.73 Å². The fraction of sp³-hybridized carbons (Fsp3) is 0.533. The zero-order valence-electron chi connectivity index (χ0n) is 11.8. The van der Waals surface area contributed by atoms with Crippen LogP contribution in [-0.4, -0.2) is 30.1 Å². The van der Waals surface area contributed by atoms with Gasteiger partial charge in [-0.2, -0.15) is 0 Å². The van der Waals surface area contributed by atoms with E-state index in [-0.39, 0.29) is 18.3 Å². The molecule has 0 bridgehead atoms. The predicted octanol–water partition coefficient (Wildman–Crippen LogP) is 1.81. The summed E-state index contributed by atoms with van der Waals surface area (Å²) in [6.07, 6.45) is 2.19. The third-order valence-electron chi connectivity index (χ3n) is 3.46. The second-order valence-corrected chi connectivity index (χ2v) is 5.06. The number of benzene rings is 1. The van der Waals surface area contributed by atoms with E-state index in [2.05, 4.69) is 4.90 Å². The minimum Gasteiger partial charge on any atom is -0.465 e. The quantitative estimate of drug-likeness (QED) is 0.774. The molecule has 0 heterocycles. The number of nitrogens with two attached hydrogens (primary N) is 1. The maximum atomic E-state index is 13.2. The van der Waals surface area contributed by atoms with E-state index in [1.165, 1.54) is 12.1 Å². The van der Waals surface area contributed by atoms with Crippen molar-refractivity contribution in [2.75, 3.05) is 13.2 Å². The Morgan fingerprint density at radius 3 is 2.80 bits per heavy atom. The van der Waals surface area contributed by atoms with E-state index in [1.54, 1.807) is 13.0 Å². The number of ether oxygens (including phenoxy) is 1. The zero-order valence-corrected chi connectivity index (χ0v) is 11.8. The first-order valence-corrected chi connectivity index (χ1v) is 7.01. The number of esters is 1. The normalized spacial score (nSPS) is 14.6. The van der Waals surface area contributed by atoms with E-state index in [0.29, 0.717) is 25.7 Å². The lowest BCUT2D eigenvalue weighted by atomic mass is 10.1. The van der Waals surface area contributed by atoms with Crippen molar-refractivity contribution in [2.45, 2.75) is 38.9 Å². The lowest BCUT2D eigenvalue weighted by Gasteiger charge is -2.22. The van der Waals surface area contributed by atoms with Crippen LogP contribution in [0.3, 0.4) is 0 Å². The average molecular weight is 280 g/mol. The molecule has 1 saturated carbocycles. The maximum Gasteiger partial charge on any atom is 0.320 e. The third-order valence-corrected chi connectivity index (χ3v) is 3.46. The SMILES string of the molecule is CCOC(=O)CN(Cc1ccc(F)cc1CN)C1CC1. The minimum absolute atomic E-state index is 0.212. The molecule has 0 spiro atoms. The van der Waals surface area contributed by atoms with Gasteiger partial charge in [-0.05, 0) is 43.0 Å². The second-order valence-electron chi connectivity index (χ2n) is 5.06. The van der Waals surface area contributed by atoms with E-state index in [4.69, 9.17) is 10.5 Å². The molecule has 0 atom stereocenters. The zero-order chi connectivity index (χ0) is 14.5. The molecule has 0 aliphatic heterocycles. The van der Waals surface area contributed by atoms with Gasteiger partial charge in [-0.3, -0.25) is 9.69 Å². The van der Waals surface area contributed by atoms with Gasteiger partial charge < -0.3 is 10.5 Å². The summed E-state index contributed by atoms with van der Waals surface area (Å²) < 4.78 is 18.2. The van der Waals surface area contributed by atoms with Crippen molar-refractivity contribution in [3.63, 3.8) is 0 Å². The first kappa shape index (κ1) is 14.9. The van der Waals surface area contributed by atoms with Gasteiger partial charge in [0.25, 0.3) is 0 Å². The molecule has 0 radical (unpaired) electrons. The van der Waals surface area contributed by atoms with E-state index in [9.17, 15) is 9.18 Å². The molecule has 0 saturated heterocycles. The monoisotopic (exact) mass is 280 g/mol. The van der Waals surface area contributed by atoms with Crippen molar-refractivity contribution in [1.82, 2.24) is 4.90 Å². The Hall–Kier alpha value is -1.46. The molecule has 2 rings (SSSR count). The summed E-state index contributed by atoms with van der Waals surface area (Å²) in [4.78, 5) is 13.7. The summed E-state index contributed by atoms with van der Waals surface area (Å²) in [5.74, 6) is -0.492. The van der Waals surface area contributed by atoms with Gasteiger partial charge in [-0.15, -0.1) is 0 Å². The largest absolute Gasteiger partial charge is 0.465 e. The summed E-state index contributed by atoms with van der Waals surface area (Å²) in [7, 11) is 0. The Morgan fingerprint density at radius 1 is 1.45 bits per heavy atom. The van der Waals surface area contributed by atoms with Crippen LogP contribution in [0.5, 0.6) is 0 Å². The lowest BCUT2D eigenvalue weighted by Crippen LogP contribution is -2.33. The average Bonchev–Trinajstić information content (AvgIpc) is 3.24. The fourth-order valence-electron chi connectivity index (χ4n) is 2.28. The van der Waals surface area contributed by atoms with Gasteiger partial charge in [0.1, 0.15) is 5.82 Å². The number of rotatable bonds is 7. The summed E-state index contributed by atoms with van der Waals surface area (Å²) in [6.45, 7) is 3.37. The molecular weight excluding hydrogens is 259 g/mol. The van der Waals surface area contributed by atoms with Crippen LogP contribution in [0.1, 0.15) is 30.9 Å². The van der Waals surface area contributed by atoms with E-state index >= 15 is 0 Å². The highest BCUT2D eigenvalue weighted by molar-refractivity contribution is 5.71. The number of carbonyl (C=O) groups excluding carboxylic acids is 1. The van der Waals surface area contributed by atoms with Gasteiger partial charge in [0.2, 0.25) is 0 Å². The van der Waals surface area contributed by atoms with Gasteiger partial charge in [-0.25, -0.2) is 4.39 Å². The molecule has 0 amide bonds. The Kier molecular flexibility index (Phi) is 5.09. The standard InChI is InChI=1S/C15H21FN2O2/c1-2-20-15(19)10-18(14-5-6-14)9-11-3-4-13(16)7-12(11)8-17/h3-4,7,14H,2,5-6,8-10,17H2,1H3. The van der Waals surface area contributed by atoms with E-state index in [1.807, 2.05) is 0 Å². The number of carbonyl (C=O) groups is 1. The molecule has 1 fully saturated rings. The lowest BCUT2D eigenvalue weighted by molar-refractivity contribution is -0.144. The van der Waals surface area contributed by atoms with Crippen molar-refractivity contribution >= 4 is 5.97 Å². The van der Waals surface area contributed by atoms with Crippen molar-refractivity contribution in [3.05, 3.63) is 35.1 Å². The van der Waals surface area contributed by atoms with Crippen LogP contribution in [0.15, 0.2) is 18.2 Å². The highest BCUT2D eigenvalue weighted by Gasteiger charge is 2.31.